The maximum absolute atomic E-state index is 12.2. The minimum absolute atomic E-state index is 0.0410. The number of nitrogens with one attached hydrogen (secondary N) is 2. The molecule has 0 saturated heterocycles. The summed E-state index contributed by atoms with van der Waals surface area (Å²) in [4.78, 5) is 34.5. The van der Waals surface area contributed by atoms with E-state index in [1.54, 1.807) is 25.1 Å². The lowest BCUT2D eigenvalue weighted by Crippen LogP contribution is -2.43. The van der Waals surface area contributed by atoms with Crippen molar-refractivity contribution in [1.82, 2.24) is 14.9 Å². The Bertz CT molecular complexity index is 1190. The summed E-state index contributed by atoms with van der Waals surface area (Å²) in [7, 11) is 3.45. The average molecular weight is 448 g/mol. The van der Waals surface area contributed by atoms with Crippen LogP contribution in [0.1, 0.15) is 46.4 Å². The fourth-order valence-corrected chi connectivity index (χ4v) is 4.08. The van der Waals surface area contributed by atoms with Crippen molar-refractivity contribution in [3.63, 3.8) is 0 Å². The third-order valence-electron chi connectivity index (χ3n) is 5.94. The van der Waals surface area contributed by atoms with Crippen LogP contribution in [0.3, 0.4) is 0 Å². The van der Waals surface area contributed by atoms with E-state index in [0.29, 0.717) is 17.3 Å². The Hall–Kier alpha value is -3.72. The molecule has 0 unspecified atom stereocenters. The number of rotatable bonds is 6. The molecule has 172 valence electrons. The van der Waals surface area contributed by atoms with Gasteiger partial charge in [-0.1, -0.05) is 25.0 Å². The van der Waals surface area contributed by atoms with Crippen LogP contribution in [0, 0.1) is 0 Å². The van der Waals surface area contributed by atoms with Crippen molar-refractivity contribution in [1.29, 1.82) is 0 Å². The molecule has 1 heterocycles. The Morgan fingerprint density at radius 1 is 1.06 bits per heavy atom. The van der Waals surface area contributed by atoms with Crippen molar-refractivity contribution < 1.29 is 9.59 Å². The van der Waals surface area contributed by atoms with Gasteiger partial charge in [-0.15, -0.1) is 0 Å². The van der Waals surface area contributed by atoms with Crippen molar-refractivity contribution in [2.24, 2.45) is 11.5 Å². The van der Waals surface area contributed by atoms with Crippen molar-refractivity contribution in [2.75, 3.05) is 24.7 Å². The fourth-order valence-electron chi connectivity index (χ4n) is 4.08. The Labute approximate surface area is 192 Å². The molecule has 0 radical (unpaired) electrons. The van der Waals surface area contributed by atoms with Crippen LogP contribution >= 0.6 is 0 Å². The number of amides is 2. The van der Waals surface area contributed by atoms with E-state index in [1.165, 1.54) is 6.20 Å². The lowest BCUT2D eigenvalue weighted by Gasteiger charge is -2.29. The number of hydrogen-bond donors (Lipinski definition) is 4. The topological polar surface area (TPSA) is 139 Å². The van der Waals surface area contributed by atoms with Gasteiger partial charge < -0.3 is 27.0 Å². The van der Waals surface area contributed by atoms with E-state index in [0.717, 1.165) is 42.1 Å². The molecule has 0 bridgehead atoms. The van der Waals surface area contributed by atoms with Gasteiger partial charge in [0, 0.05) is 43.6 Å². The zero-order valence-electron chi connectivity index (χ0n) is 18.8. The largest absolute Gasteiger partial charge is 0.365 e. The van der Waals surface area contributed by atoms with E-state index in [9.17, 15) is 9.59 Å². The van der Waals surface area contributed by atoms with Crippen LogP contribution in [0.15, 0.2) is 42.6 Å². The van der Waals surface area contributed by atoms with Gasteiger partial charge in [0.15, 0.2) is 0 Å². The van der Waals surface area contributed by atoms with E-state index in [1.807, 2.05) is 30.3 Å². The minimum Gasteiger partial charge on any atom is -0.365 e. The van der Waals surface area contributed by atoms with Crippen molar-refractivity contribution in [2.45, 2.75) is 37.8 Å². The van der Waals surface area contributed by atoms with Crippen LogP contribution in [0.4, 0.5) is 17.5 Å². The molecule has 0 spiro atoms. The van der Waals surface area contributed by atoms with E-state index < -0.39 is 5.91 Å². The molecule has 4 rings (SSSR count). The summed E-state index contributed by atoms with van der Waals surface area (Å²) in [5, 5.41) is 8.37. The van der Waals surface area contributed by atoms with E-state index >= 15 is 0 Å². The summed E-state index contributed by atoms with van der Waals surface area (Å²) >= 11 is 0. The number of carbonyl (C=O) groups is 2. The predicted octanol–water partition coefficient (Wildman–Crippen LogP) is 2.86. The van der Waals surface area contributed by atoms with Gasteiger partial charge in [0.25, 0.3) is 11.8 Å². The molecule has 1 fully saturated rings. The molecule has 1 aliphatic rings. The molecular weight excluding hydrogens is 418 g/mol. The van der Waals surface area contributed by atoms with Crippen LogP contribution in [0.5, 0.6) is 0 Å². The zero-order chi connectivity index (χ0) is 23.5. The first-order chi connectivity index (χ1) is 15.8. The van der Waals surface area contributed by atoms with Crippen LogP contribution < -0.4 is 22.1 Å². The summed E-state index contributed by atoms with van der Waals surface area (Å²) in [5.41, 5.74) is 13.3. The third kappa shape index (κ3) is 5.04. The molecule has 1 aromatic heterocycles. The van der Waals surface area contributed by atoms with E-state index in [2.05, 4.69) is 20.6 Å². The zero-order valence-corrected chi connectivity index (χ0v) is 18.8. The third-order valence-corrected chi connectivity index (χ3v) is 5.94. The number of hydrogen-bond acceptors (Lipinski definition) is 7. The van der Waals surface area contributed by atoms with Gasteiger partial charge in [-0.05, 0) is 47.9 Å². The Morgan fingerprint density at radius 2 is 1.79 bits per heavy atom. The van der Waals surface area contributed by atoms with Gasteiger partial charge in [0.05, 0.1) is 0 Å². The number of fused-ring (bicyclic) bond motifs is 1. The summed E-state index contributed by atoms with van der Waals surface area (Å²) < 4.78 is 0. The molecule has 2 atom stereocenters. The Balaban J connectivity index is 1.60. The highest BCUT2D eigenvalue weighted by molar-refractivity contribution is 6.00. The lowest BCUT2D eigenvalue weighted by atomic mass is 9.91. The monoisotopic (exact) mass is 447 g/mol. The molecule has 1 saturated carbocycles. The number of anilines is 3. The SMILES string of the molecule is CN(C)C(=O)c1ccc2cc(Nc3nc(N[C@@H]4CCCC[C@@H]4N)ncc3C(N)=O)ccc2c1. The molecule has 2 amide bonds. The molecule has 6 N–H and O–H groups in total. The average Bonchev–Trinajstić information content (AvgIpc) is 2.79. The lowest BCUT2D eigenvalue weighted by molar-refractivity contribution is 0.0827. The van der Waals surface area contributed by atoms with Crippen molar-refractivity contribution in [3.05, 3.63) is 53.7 Å². The van der Waals surface area contributed by atoms with Crippen LogP contribution in [0.25, 0.3) is 10.8 Å². The van der Waals surface area contributed by atoms with Crippen molar-refractivity contribution >= 4 is 40.0 Å². The fraction of sp³-hybridized carbons (Fsp3) is 0.333. The van der Waals surface area contributed by atoms with E-state index in [4.69, 9.17) is 11.5 Å². The molecule has 9 nitrogen and oxygen atoms in total. The van der Waals surface area contributed by atoms with E-state index in [-0.39, 0.29) is 23.6 Å². The normalized spacial score (nSPS) is 18.0. The predicted molar refractivity (Wildman–Crippen MR) is 130 cm³/mol. The maximum atomic E-state index is 12.2. The van der Waals surface area contributed by atoms with Gasteiger partial charge in [-0.2, -0.15) is 4.98 Å². The number of benzene rings is 2. The quantitative estimate of drug-likeness (QED) is 0.455. The molecule has 33 heavy (non-hydrogen) atoms. The minimum atomic E-state index is -0.619. The second-order valence-electron chi connectivity index (χ2n) is 8.62. The molecule has 2 aromatic carbocycles. The smallest absolute Gasteiger partial charge is 0.254 e. The summed E-state index contributed by atoms with van der Waals surface area (Å²) in [6.45, 7) is 0. The summed E-state index contributed by atoms with van der Waals surface area (Å²) in [6.07, 6.45) is 5.57. The van der Waals surface area contributed by atoms with Gasteiger partial charge in [0.2, 0.25) is 5.95 Å². The number of aromatic nitrogens is 2. The number of nitrogens with zero attached hydrogens (tertiary/aromatic N) is 3. The number of carbonyl (C=O) groups excluding carboxylic acids is 2. The molecular formula is C24H29N7O2. The van der Waals surface area contributed by atoms with Crippen molar-refractivity contribution in [3.8, 4) is 0 Å². The molecule has 9 heteroatoms. The Kier molecular flexibility index (Phi) is 6.41. The Morgan fingerprint density at radius 3 is 2.52 bits per heavy atom. The highest BCUT2D eigenvalue weighted by Gasteiger charge is 2.23. The molecule has 0 aliphatic heterocycles. The second-order valence-corrected chi connectivity index (χ2v) is 8.62. The maximum Gasteiger partial charge on any atom is 0.254 e. The second kappa shape index (κ2) is 9.41. The first kappa shape index (κ1) is 22.5. The van der Waals surface area contributed by atoms with Crippen LogP contribution in [-0.2, 0) is 0 Å². The molecule has 3 aromatic rings. The highest BCUT2D eigenvalue weighted by Crippen LogP contribution is 2.26. The number of nitrogens with two attached hydrogens (primary N) is 2. The first-order valence-corrected chi connectivity index (χ1v) is 11.0. The van der Waals surface area contributed by atoms with Crippen LogP contribution in [-0.4, -0.2) is 52.9 Å². The van der Waals surface area contributed by atoms with Crippen LogP contribution in [0.2, 0.25) is 0 Å². The summed E-state index contributed by atoms with van der Waals surface area (Å²) in [6, 6.07) is 11.4. The number of primary amides is 1. The van der Waals surface area contributed by atoms with Gasteiger partial charge >= 0.3 is 0 Å². The molecule has 1 aliphatic carbocycles. The first-order valence-electron chi connectivity index (χ1n) is 11.0. The van der Waals surface area contributed by atoms with Gasteiger partial charge in [-0.25, -0.2) is 4.98 Å². The van der Waals surface area contributed by atoms with Gasteiger partial charge in [-0.3, -0.25) is 9.59 Å². The highest BCUT2D eigenvalue weighted by atomic mass is 16.2. The standard InChI is InChI=1S/C24H29N7O2/c1-31(2)23(33)16-8-7-15-12-17(10-9-14(15)11-16)28-22-18(21(26)32)13-27-24(30-22)29-20-6-4-3-5-19(20)25/h7-13,19-20H,3-6,25H2,1-2H3,(H2,26,32)(H2,27,28,29,30)/t19-,20+/m0/s1. The summed E-state index contributed by atoms with van der Waals surface area (Å²) in [5.74, 6) is 0.0514. The van der Waals surface area contributed by atoms with Gasteiger partial charge in [0.1, 0.15) is 11.4 Å².